The van der Waals surface area contributed by atoms with Gasteiger partial charge in [0.05, 0.1) is 12.3 Å². The number of anilines is 1. The predicted molar refractivity (Wildman–Crippen MR) is 79.5 cm³/mol. The maximum atomic E-state index is 5.41. The van der Waals surface area contributed by atoms with Gasteiger partial charge in [-0.15, -0.1) is 0 Å². The smallest absolute Gasteiger partial charge is 0.120 e. The van der Waals surface area contributed by atoms with E-state index < -0.39 is 0 Å². The van der Waals surface area contributed by atoms with Crippen molar-refractivity contribution < 1.29 is 4.42 Å². The van der Waals surface area contributed by atoms with E-state index in [2.05, 4.69) is 56.4 Å². The maximum absolute atomic E-state index is 5.41. The molecule has 2 aromatic rings. The molecule has 1 aromatic heterocycles. The van der Waals surface area contributed by atoms with Gasteiger partial charge >= 0.3 is 0 Å². The van der Waals surface area contributed by atoms with Gasteiger partial charge in [0, 0.05) is 26.3 Å². The van der Waals surface area contributed by atoms with Gasteiger partial charge in [0.25, 0.3) is 0 Å². The van der Waals surface area contributed by atoms with Gasteiger partial charge in [0.1, 0.15) is 5.76 Å². The zero-order valence-corrected chi connectivity index (χ0v) is 12.1. The van der Waals surface area contributed by atoms with E-state index in [0.29, 0.717) is 0 Å². The Hall–Kier alpha value is -1.74. The number of benzene rings is 1. The van der Waals surface area contributed by atoms with Crippen LogP contribution < -0.4 is 10.2 Å². The molecule has 0 spiro atoms. The summed E-state index contributed by atoms with van der Waals surface area (Å²) in [5.41, 5.74) is 3.85. The maximum Gasteiger partial charge on any atom is 0.120 e. The fraction of sp³-hybridized carbons (Fsp3) is 0.375. The molecule has 0 radical (unpaired) electrons. The quantitative estimate of drug-likeness (QED) is 0.889. The van der Waals surface area contributed by atoms with Crippen molar-refractivity contribution in [3.63, 3.8) is 0 Å². The van der Waals surface area contributed by atoms with E-state index in [1.807, 2.05) is 12.1 Å². The first kappa shape index (κ1) is 13.7. The Kier molecular flexibility index (Phi) is 4.27. The highest BCUT2D eigenvalue weighted by molar-refractivity contribution is 5.54. The fourth-order valence-electron chi connectivity index (χ4n) is 2.14. The summed E-state index contributed by atoms with van der Waals surface area (Å²) in [7, 11) is 4.16. The molecule has 0 aliphatic carbocycles. The van der Waals surface area contributed by atoms with Crippen LogP contribution in [0.2, 0.25) is 0 Å². The molecule has 1 N–H and O–H groups in total. The van der Waals surface area contributed by atoms with E-state index in [1.165, 1.54) is 16.8 Å². The lowest BCUT2D eigenvalue weighted by Crippen LogP contribution is -2.20. The van der Waals surface area contributed by atoms with Crippen molar-refractivity contribution >= 4 is 5.69 Å². The monoisotopic (exact) mass is 258 g/mol. The molecule has 3 heteroatoms. The van der Waals surface area contributed by atoms with Crippen molar-refractivity contribution in [2.45, 2.75) is 26.4 Å². The molecule has 0 saturated heterocycles. The van der Waals surface area contributed by atoms with E-state index >= 15 is 0 Å². The number of furan rings is 1. The van der Waals surface area contributed by atoms with Crippen LogP contribution in [0, 0.1) is 6.92 Å². The lowest BCUT2D eigenvalue weighted by Gasteiger charge is -2.20. The van der Waals surface area contributed by atoms with E-state index in [0.717, 1.165) is 12.3 Å². The summed E-state index contributed by atoms with van der Waals surface area (Å²) in [5, 5.41) is 3.50. The summed E-state index contributed by atoms with van der Waals surface area (Å²) < 4.78 is 5.41. The normalized spacial score (nSPS) is 12.4. The van der Waals surface area contributed by atoms with Crippen molar-refractivity contribution in [3.05, 3.63) is 53.5 Å². The molecule has 102 valence electrons. The van der Waals surface area contributed by atoms with Crippen molar-refractivity contribution in [1.29, 1.82) is 0 Å². The third kappa shape index (κ3) is 3.38. The number of aryl methyl sites for hydroxylation is 1. The second kappa shape index (κ2) is 5.93. The molecule has 0 aliphatic heterocycles. The van der Waals surface area contributed by atoms with Crippen LogP contribution in [0.15, 0.2) is 41.0 Å². The van der Waals surface area contributed by atoms with E-state index in [4.69, 9.17) is 4.42 Å². The van der Waals surface area contributed by atoms with Crippen molar-refractivity contribution in [1.82, 2.24) is 5.32 Å². The van der Waals surface area contributed by atoms with Crippen LogP contribution in [-0.2, 0) is 6.54 Å². The third-order valence-electron chi connectivity index (χ3n) is 3.29. The first-order valence-corrected chi connectivity index (χ1v) is 6.61. The molecule has 1 heterocycles. The molecular weight excluding hydrogens is 236 g/mol. The van der Waals surface area contributed by atoms with Gasteiger partial charge in [-0.05, 0) is 43.2 Å². The Labute approximate surface area is 115 Å². The lowest BCUT2D eigenvalue weighted by atomic mass is 10.1. The molecule has 1 aromatic carbocycles. The Morgan fingerprint density at radius 2 is 2.05 bits per heavy atom. The highest BCUT2D eigenvalue weighted by Crippen LogP contribution is 2.21. The molecular formula is C16H22N2O. The summed E-state index contributed by atoms with van der Waals surface area (Å²) in [6.07, 6.45) is 1.71. The van der Waals surface area contributed by atoms with Crippen molar-refractivity contribution in [3.8, 4) is 0 Å². The van der Waals surface area contributed by atoms with Gasteiger partial charge < -0.3 is 14.6 Å². The van der Waals surface area contributed by atoms with Crippen molar-refractivity contribution in [2.24, 2.45) is 0 Å². The summed E-state index contributed by atoms with van der Waals surface area (Å²) >= 11 is 0. The number of nitrogens with one attached hydrogen (secondary N) is 1. The molecule has 2 rings (SSSR count). The Morgan fingerprint density at radius 3 is 2.68 bits per heavy atom. The lowest BCUT2D eigenvalue weighted by molar-refractivity contribution is 0.430. The molecule has 0 saturated carbocycles. The third-order valence-corrected chi connectivity index (χ3v) is 3.29. The number of nitrogens with zero attached hydrogens (tertiary/aromatic N) is 1. The molecule has 0 fully saturated rings. The Morgan fingerprint density at radius 1 is 1.26 bits per heavy atom. The second-order valence-electron chi connectivity index (χ2n) is 5.14. The fourth-order valence-corrected chi connectivity index (χ4v) is 2.14. The minimum atomic E-state index is 0.214. The van der Waals surface area contributed by atoms with Crippen LogP contribution in [0.5, 0.6) is 0 Å². The Bertz CT molecular complexity index is 518. The average molecular weight is 258 g/mol. The molecule has 19 heavy (non-hydrogen) atoms. The van der Waals surface area contributed by atoms with Crippen LogP contribution in [0.3, 0.4) is 0 Å². The van der Waals surface area contributed by atoms with Crippen LogP contribution in [0.1, 0.15) is 29.9 Å². The summed E-state index contributed by atoms with van der Waals surface area (Å²) in [6.45, 7) is 5.06. The zero-order chi connectivity index (χ0) is 13.8. The van der Waals surface area contributed by atoms with Crippen LogP contribution in [0.25, 0.3) is 0 Å². The number of hydrogen-bond acceptors (Lipinski definition) is 3. The highest BCUT2D eigenvalue weighted by Gasteiger charge is 2.10. The first-order chi connectivity index (χ1) is 9.08. The Balaban J connectivity index is 2.07. The zero-order valence-electron chi connectivity index (χ0n) is 12.1. The van der Waals surface area contributed by atoms with E-state index in [-0.39, 0.29) is 6.04 Å². The molecule has 1 atom stereocenters. The van der Waals surface area contributed by atoms with Gasteiger partial charge in [-0.25, -0.2) is 0 Å². The molecule has 0 aliphatic rings. The van der Waals surface area contributed by atoms with Crippen molar-refractivity contribution in [2.75, 3.05) is 19.0 Å². The van der Waals surface area contributed by atoms with Crippen LogP contribution in [0.4, 0.5) is 5.69 Å². The first-order valence-electron chi connectivity index (χ1n) is 6.61. The summed E-state index contributed by atoms with van der Waals surface area (Å²) in [6, 6.07) is 10.7. The minimum absolute atomic E-state index is 0.214. The summed E-state index contributed by atoms with van der Waals surface area (Å²) in [5.74, 6) is 0.971. The van der Waals surface area contributed by atoms with Crippen LogP contribution in [-0.4, -0.2) is 14.1 Å². The molecule has 3 nitrogen and oxygen atoms in total. The van der Waals surface area contributed by atoms with E-state index in [1.54, 1.807) is 6.26 Å². The predicted octanol–water partition coefficient (Wildman–Crippen LogP) is 3.50. The van der Waals surface area contributed by atoms with Gasteiger partial charge in [-0.3, -0.25) is 0 Å². The highest BCUT2D eigenvalue weighted by atomic mass is 16.3. The largest absolute Gasteiger partial charge is 0.468 e. The van der Waals surface area contributed by atoms with E-state index in [9.17, 15) is 0 Å². The SMILES string of the molecule is Cc1ccc(CN[C@H](C)c2ccco2)c(N(C)C)c1. The summed E-state index contributed by atoms with van der Waals surface area (Å²) in [4.78, 5) is 2.15. The van der Waals surface area contributed by atoms with Gasteiger partial charge in [-0.2, -0.15) is 0 Å². The van der Waals surface area contributed by atoms with Gasteiger partial charge in [0.15, 0.2) is 0 Å². The molecule has 0 amide bonds. The molecule has 0 bridgehead atoms. The van der Waals surface area contributed by atoms with Crippen LogP contribution >= 0.6 is 0 Å². The second-order valence-corrected chi connectivity index (χ2v) is 5.14. The minimum Gasteiger partial charge on any atom is -0.468 e. The van der Waals surface area contributed by atoms with Gasteiger partial charge in [0.2, 0.25) is 0 Å². The number of hydrogen-bond donors (Lipinski definition) is 1. The molecule has 0 unspecified atom stereocenters. The number of rotatable bonds is 5. The average Bonchev–Trinajstić information content (AvgIpc) is 2.90. The topological polar surface area (TPSA) is 28.4 Å². The standard InChI is InChI=1S/C16H22N2O/c1-12-7-8-14(15(10-12)18(3)4)11-17-13(2)16-6-5-9-19-16/h5-10,13,17H,11H2,1-4H3/t13-/m1/s1. The van der Waals surface area contributed by atoms with Gasteiger partial charge in [-0.1, -0.05) is 12.1 Å².